The van der Waals surface area contributed by atoms with Gasteiger partial charge < -0.3 is 18.6 Å². The molecule has 3 rings (SSSR count). The number of piperidine rings is 1. The number of rotatable bonds is 7. The minimum Gasteiger partial charge on any atom is -0.441 e. The van der Waals surface area contributed by atoms with Crippen molar-refractivity contribution in [1.82, 2.24) is 4.90 Å². The van der Waals surface area contributed by atoms with Crippen LogP contribution in [0.2, 0.25) is 18.1 Å². The van der Waals surface area contributed by atoms with E-state index >= 15 is 0 Å². The van der Waals surface area contributed by atoms with E-state index in [0.717, 1.165) is 24.8 Å². The van der Waals surface area contributed by atoms with Crippen LogP contribution < -0.4 is 0 Å². The average molecular weight is 464 g/mol. The van der Waals surface area contributed by atoms with E-state index in [9.17, 15) is 4.79 Å². The van der Waals surface area contributed by atoms with Crippen LogP contribution >= 0.6 is 0 Å². The van der Waals surface area contributed by atoms with Gasteiger partial charge in [0.25, 0.3) is 0 Å². The van der Waals surface area contributed by atoms with Gasteiger partial charge in [-0.25, -0.2) is 4.79 Å². The maximum atomic E-state index is 13.4. The van der Waals surface area contributed by atoms with Gasteiger partial charge in [-0.05, 0) is 43.5 Å². The van der Waals surface area contributed by atoms with Crippen LogP contribution in [0.5, 0.6) is 0 Å². The van der Waals surface area contributed by atoms with Gasteiger partial charge in [-0.1, -0.05) is 51.1 Å². The molecule has 0 aliphatic carbocycles. The zero-order valence-corrected chi connectivity index (χ0v) is 22.0. The molecule has 6 nitrogen and oxygen atoms in total. The van der Waals surface area contributed by atoms with Crippen LogP contribution in [0, 0.1) is 0 Å². The van der Waals surface area contributed by atoms with Gasteiger partial charge in [-0.15, -0.1) is 0 Å². The predicted octanol–water partition coefficient (Wildman–Crippen LogP) is 5.89. The Hall–Kier alpha value is -1.41. The molecule has 0 spiro atoms. The van der Waals surface area contributed by atoms with Crippen molar-refractivity contribution >= 4 is 14.4 Å². The molecular weight excluding hydrogens is 422 g/mol. The minimum atomic E-state index is -2.03. The summed E-state index contributed by atoms with van der Waals surface area (Å²) in [5.74, 6) is -0.807. The third kappa shape index (κ3) is 5.22. The van der Waals surface area contributed by atoms with Crippen molar-refractivity contribution in [2.45, 2.75) is 102 Å². The van der Waals surface area contributed by atoms with Gasteiger partial charge in [-0.2, -0.15) is 0 Å². The molecule has 2 saturated heterocycles. The van der Waals surface area contributed by atoms with E-state index in [1.807, 2.05) is 42.2 Å². The summed E-state index contributed by atoms with van der Waals surface area (Å²) in [6, 6.07) is 9.97. The van der Waals surface area contributed by atoms with E-state index < -0.39 is 14.1 Å². The number of ether oxygens (including phenoxy) is 3. The Bertz CT molecular complexity index is 774. The first-order chi connectivity index (χ1) is 14.9. The first-order valence-electron chi connectivity index (χ1n) is 11.7. The number of cyclic esters (lactones) is 1. The fourth-order valence-corrected chi connectivity index (χ4v) is 5.94. The Morgan fingerprint density at radius 2 is 1.69 bits per heavy atom. The maximum absolute atomic E-state index is 13.4. The number of carbonyl (C=O) groups excluding carboxylic acids is 1. The molecule has 2 aliphatic heterocycles. The molecule has 2 aliphatic rings. The van der Waals surface area contributed by atoms with E-state index in [-0.39, 0.29) is 35.4 Å². The lowest BCUT2D eigenvalue weighted by molar-refractivity contribution is -0.214. The standard InChI is InChI=1S/C25H41NO5Si/c1-24(2,3)32(7,8)31-21-15-14-19-16-22(18-12-10-9-11-13-18)30-23(27)26(19)20(21)17-25(4,28-5)29-6/h9-13,19-22H,14-17H2,1-8H3/t19-,20-,21-,22-/m0/s1. The Labute approximate surface area is 194 Å². The average Bonchev–Trinajstić information content (AvgIpc) is 2.74. The number of hydrogen-bond donors (Lipinski definition) is 0. The van der Waals surface area contributed by atoms with Gasteiger partial charge >= 0.3 is 6.09 Å². The third-order valence-corrected chi connectivity index (χ3v) is 12.3. The Morgan fingerprint density at radius 1 is 1.06 bits per heavy atom. The van der Waals surface area contributed by atoms with E-state index in [0.29, 0.717) is 6.42 Å². The summed E-state index contributed by atoms with van der Waals surface area (Å²) in [7, 11) is 1.26. The molecule has 0 aromatic heterocycles. The second-order valence-electron chi connectivity index (χ2n) is 10.9. The molecule has 7 heteroatoms. The SMILES string of the molecule is COC(C)(C[C@H]1[C@@H](O[Si](C)(C)C(C)(C)C)CC[C@H]2C[C@@H](c3ccccc3)OC(=O)N21)OC. The quantitative estimate of drug-likeness (QED) is 0.373. The Kier molecular flexibility index (Phi) is 7.44. The van der Waals surface area contributed by atoms with Gasteiger partial charge in [0.2, 0.25) is 0 Å². The molecule has 0 radical (unpaired) electrons. The smallest absolute Gasteiger partial charge is 0.410 e. The molecule has 2 fully saturated rings. The number of carbonyl (C=O) groups is 1. The summed E-state index contributed by atoms with van der Waals surface area (Å²) in [6.45, 7) is 13.2. The molecule has 180 valence electrons. The molecule has 0 N–H and O–H groups in total. The highest BCUT2D eigenvalue weighted by Gasteiger charge is 2.51. The summed E-state index contributed by atoms with van der Waals surface area (Å²) in [4.78, 5) is 15.3. The van der Waals surface area contributed by atoms with Crippen molar-refractivity contribution in [2.75, 3.05) is 14.2 Å². The van der Waals surface area contributed by atoms with E-state index in [2.05, 4.69) is 33.9 Å². The van der Waals surface area contributed by atoms with Crippen LogP contribution in [-0.2, 0) is 18.6 Å². The van der Waals surface area contributed by atoms with Gasteiger partial charge in [0.05, 0.1) is 12.1 Å². The molecule has 2 heterocycles. The topological polar surface area (TPSA) is 57.2 Å². The zero-order valence-electron chi connectivity index (χ0n) is 21.0. The van der Waals surface area contributed by atoms with Crippen LogP contribution in [-0.4, -0.2) is 57.5 Å². The van der Waals surface area contributed by atoms with Crippen molar-refractivity contribution < 1.29 is 23.4 Å². The summed E-state index contributed by atoms with van der Waals surface area (Å²) in [6.07, 6.45) is 2.59. The summed E-state index contributed by atoms with van der Waals surface area (Å²) < 4.78 is 24.2. The third-order valence-electron chi connectivity index (χ3n) is 7.77. The van der Waals surface area contributed by atoms with Crippen LogP contribution in [0.3, 0.4) is 0 Å². The molecule has 32 heavy (non-hydrogen) atoms. The lowest BCUT2D eigenvalue weighted by Gasteiger charge is -2.53. The maximum Gasteiger partial charge on any atom is 0.410 e. The number of hydrogen-bond acceptors (Lipinski definition) is 5. The second kappa shape index (κ2) is 9.45. The predicted molar refractivity (Wildman–Crippen MR) is 128 cm³/mol. The number of methoxy groups -OCH3 is 2. The van der Waals surface area contributed by atoms with Crippen LogP contribution in [0.15, 0.2) is 30.3 Å². The number of nitrogens with zero attached hydrogens (tertiary/aromatic N) is 1. The molecule has 1 aromatic rings. The second-order valence-corrected chi connectivity index (χ2v) is 15.6. The van der Waals surface area contributed by atoms with Crippen LogP contribution in [0.4, 0.5) is 4.79 Å². The molecular formula is C25H41NO5Si. The largest absolute Gasteiger partial charge is 0.441 e. The minimum absolute atomic E-state index is 0.0717. The van der Waals surface area contributed by atoms with E-state index in [4.69, 9.17) is 18.6 Å². The first kappa shape index (κ1) is 25.2. The highest BCUT2D eigenvalue weighted by atomic mass is 28.4. The van der Waals surface area contributed by atoms with Crippen molar-refractivity contribution in [3.63, 3.8) is 0 Å². The van der Waals surface area contributed by atoms with Gasteiger partial charge in [0.15, 0.2) is 14.1 Å². The van der Waals surface area contributed by atoms with Crippen molar-refractivity contribution in [3.8, 4) is 0 Å². The molecule has 0 bridgehead atoms. The summed E-state index contributed by atoms with van der Waals surface area (Å²) in [5.41, 5.74) is 1.05. The lowest BCUT2D eigenvalue weighted by Crippen LogP contribution is -2.63. The summed E-state index contributed by atoms with van der Waals surface area (Å²) in [5, 5.41) is 0.0844. The van der Waals surface area contributed by atoms with E-state index in [1.54, 1.807) is 14.2 Å². The molecule has 1 aromatic carbocycles. The highest BCUT2D eigenvalue weighted by Crippen LogP contribution is 2.44. The van der Waals surface area contributed by atoms with Crippen molar-refractivity contribution in [2.24, 2.45) is 0 Å². The lowest BCUT2D eigenvalue weighted by atomic mass is 9.85. The first-order valence-corrected chi connectivity index (χ1v) is 14.6. The molecule has 4 atom stereocenters. The molecule has 0 saturated carbocycles. The number of benzene rings is 1. The van der Waals surface area contributed by atoms with Gasteiger partial charge in [-0.3, -0.25) is 4.90 Å². The summed E-state index contributed by atoms with van der Waals surface area (Å²) >= 11 is 0. The number of amides is 1. The Morgan fingerprint density at radius 3 is 2.25 bits per heavy atom. The monoisotopic (exact) mass is 463 g/mol. The highest BCUT2D eigenvalue weighted by molar-refractivity contribution is 6.74. The van der Waals surface area contributed by atoms with Crippen molar-refractivity contribution in [3.05, 3.63) is 35.9 Å². The fraction of sp³-hybridized carbons (Fsp3) is 0.720. The molecule has 0 unspecified atom stereocenters. The normalized spacial score (nSPS) is 27.1. The Balaban J connectivity index is 1.89. The van der Waals surface area contributed by atoms with Crippen molar-refractivity contribution in [1.29, 1.82) is 0 Å². The number of fused-ring (bicyclic) bond motifs is 1. The zero-order chi connectivity index (χ0) is 23.7. The van der Waals surface area contributed by atoms with Gasteiger partial charge in [0.1, 0.15) is 6.10 Å². The van der Waals surface area contributed by atoms with E-state index in [1.165, 1.54) is 0 Å². The fourth-order valence-electron chi connectivity index (χ4n) is 4.56. The van der Waals surface area contributed by atoms with Crippen LogP contribution in [0.1, 0.15) is 65.0 Å². The van der Waals surface area contributed by atoms with Crippen LogP contribution in [0.25, 0.3) is 0 Å². The molecule has 1 amide bonds. The van der Waals surface area contributed by atoms with Gasteiger partial charge in [0, 0.05) is 33.1 Å².